The highest BCUT2D eigenvalue weighted by Crippen LogP contribution is 2.37. The summed E-state index contributed by atoms with van der Waals surface area (Å²) in [5.41, 5.74) is 0.108. The Morgan fingerprint density at radius 1 is 0.889 bits per heavy atom. The van der Waals surface area contributed by atoms with Gasteiger partial charge in [0, 0.05) is 0 Å². The van der Waals surface area contributed by atoms with Crippen LogP contribution in [0.15, 0.2) is 42.5 Å². The third kappa shape index (κ3) is 2.59. The molecule has 2 rings (SSSR count). The van der Waals surface area contributed by atoms with Crippen LogP contribution in [0.3, 0.4) is 0 Å². The molecule has 0 unspecified atom stereocenters. The van der Waals surface area contributed by atoms with E-state index in [9.17, 15) is 13.2 Å². The summed E-state index contributed by atoms with van der Waals surface area (Å²) in [5.74, 6) is 0.0590. The lowest BCUT2D eigenvalue weighted by atomic mass is 10.0. The van der Waals surface area contributed by atoms with E-state index in [1.807, 2.05) is 0 Å². The molecule has 0 radical (unpaired) electrons. The molecule has 2 aromatic rings. The summed E-state index contributed by atoms with van der Waals surface area (Å²) in [6.45, 7) is 0. The molecule has 0 spiro atoms. The molecule has 0 aliphatic carbocycles. The van der Waals surface area contributed by atoms with E-state index >= 15 is 0 Å². The standard InChI is InChI=1S/C13H8ClF3O/c14-12-6-3-9(7-11(12)13(15,16)17)8-1-4-10(18)5-2-8/h1-7,18H. The largest absolute Gasteiger partial charge is 0.508 e. The Morgan fingerprint density at radius 3 is 2.00 bits per heavy atom. The smallest absolute Gasteiger partial charge is 0.417 e. The minimum atomic E-state index is -4.48. The monoisotopic (exact) mass is 272 g/mol. The molecule has 0 saturated carbocycles. The van der Waals surface area contributed by atoms with Gasteiger partial charge in [-0.2, -0.15) is 13.2 Å². The Labute approximate surface area is 106 Å². The fraction of sp³-hybridized carbons (Fsp3) is 0.0769. The predicted molar refractivity (Wildman–Crippen MR) is 63.6 cm³/mol. The van der Waals surface area contributed by atoms with E-state index in [1.165, 1.54) is 24.3 Å². The number of halogens is 4. The van der Waals surface area contributed by atoms with Crippen molar-refractivity contribution < 1.29 is 18.3 Å². The number of alkyl halides is 3. The lowest BCUT2D eigenvalue weighted by molar-refractivity contribution is -0.137. The Balaban J connectivity index is 2.50. The van der Waals surface area contributed by atoms with Gasteiger partial charge in [-0.25, -0.2) is 0 Å². The van der Waals surface area contributed by atoms with Gasteiger partial charge in [0.1, 0.15) is 5.75 Å². The van der Waals surface area contributed by atoms with Crippen LogP contribution in [0.4, 0.5) is 13.2 Å². The van der Waals surface area contributed by atoms with Gasteiger partial charge in [-0.1, -0.05) is 29.8 Å². The molecule has 18 heavy (non-hydrogen) atoms. The number of benzene rings is 2. The van der Waals surface area contributed by atoms with Crippen LogP contribution >= 0.6 is 11.6 Å². The van der Waals surface area contributed by atoms with Gasteiger partial charge >= 0.3 is 6.18 Å². The van der Waals surface area contributed by atoms with Crippen LogP contribution < -0.4 is 0 Å². The summed E-state index contributed by atoms with van der Waals surface area (Å²) < 4.78 is 38.1. The van der Waals surface area contributed by atoms with Crippen LogP contribution in [-0.2, 0) is 6.18 Å². The number of aromatic hydroxyl groups is 1. The van der Waals surface area contributed by atoms with E-state index in [4.69, 9.17) is 16.7 Å². The second kappa shape index (κ2) is 4.53. The molecule has 2 aromatic carbocycles. The number of rotatable bonds is 1. The fourth-order valence-corrected chi connectivity index (χ4v) is 1.80. The van der Waals surface area contributed by atoms with Crippen molar-refractivity contribution in [1.82, 2.24) is 0 Å². The normalized spacial score (nSPS) is 11.6. The minimum Gasteiger partial charge on any atom is -0.508 e. The molecule has 1 nitrogen and oxygen atoms in total. The molecule has 0 heterocycles. The lowest BCUT2D eigenvalue weighted by Gasteiger charge is -2.11. The number of phenols is 1. The van der Waals surface area contributed by atoms with Crippen LogP contribution in [0.2, 0.25) is 5.02 Å². The van der Waals surface area contributed by atoms with Crippen molar-refractivity contribution in [3.63, 3.8) is 0 Å². The van der Waals surface area contributed by atoms with Crippen molar-refractivity contribution in [2.45, 2.75) is 6.18 Å². The highest BCUT2D eigenvalue weighted by atomic mass is 35.5. The molecule has 0 fully saturated rings. The summed E-state index contributed by atoms with van der Waals surface area (Å²) in [6, 6.07) is 9.62. The van der Waals surface area contributed by atoms with Gasteiger partial charge in [-0.3, -0.25) is 0 Å². The van der Waals surface area contributed by atoms with Crippen molar-refractivity contribution in [1.29, 1.82) is 0 Å². The van der Waals surface area contributed by atoms with Crippen LogP contribution in [0.5, 0.6) is 5.75 Å². The SMILES string of the molecule is Oc1ccc(-c2ccc(Cl)c(C(F)(F)F)c2)cc1. The van der Waals surface area contributed by atoms with Crippen LogP contribution in [-0.4, -0.2) is 5.11 Å². The van der Waals surface area contributed by atoms with Gasteiger partial charge in [-0.05, 0) is 35.4 Å². The summed E-state index contributed by atoms with van der Waals surface area (Å²) in [6.07, 6.45) is -4.48. The van der Waals surface area contributed by atoms with E-state index in [0.29, 0.717) is 11.1 Å². The van der Waals surface area contributed by atoms with E-state index in [2.05, 4.69) is 0 Å². The summed E-state index contributed by atoms with van der Waals surface area (Å²) >= 11 is 5.53. The Morgan fingerprint density at radius 2 is 1.44 bits per heavy atom. The number of hydrogen-bond donors (Lipinski definition) is 1. The topological polar surface area (TPSA) is 20.2 Å². The molecule has 0 amide bonds. The van der Waals surface area contributed by atoms with E-state index in [1.54, 1.807) is 12.1 Å². The first kappa shape index (κ1) is 12.8. The number of hydrogen-bond acceptors (Lipinski definition) is 1. The number of phenolic OH excluding ortho intramolecular Hbond substituents is 1. The third-order valence-electron chi connectivity index (χ3n) is 2.47. The highest BCUT2D eigenvalue weighted by molar-refractivity contribution is 6.31. The van der Waals surface area contributed by atoms with Crippen molar-refractivity contribution in [2.75, 3.05) is 0 Å². The van der Waals surface area contributed by atoms with Gasteiger partial charge in [0.15, 0.2) is 0 Å². The first-order valence-corrected chi connectivity index (χ1v) is 5.42. The second-order valence-corrected chi connectivity index (χ2v) is 4.15. The molecule has 0 aliphatic heterocycles. The molecular formula is C13H8ClF3O. The predicted octanol–water partition coefficient (Wildman–Crippen LogP) is 4.73. The summed E-state index contributed by atoms with van der Waals surface area (Å²) in [7, 11) is 0. The Kier molecular flexibility index (Phi) is 3.22. The highest BCUT2D eigenvalue weighted by Gasteiger charge is 2.33. The third-order valence-corrected chi connectivity index (χ3v) is 2.80. The van der Waals surface area contributed by atoms with Crippen LogP contribution in [0.1, 0.15) is 5.56 Å². The molecule has 0 atom stereocenters. The quantitative estimate of drug-likeness (QED) is 0.795. The maximum absolute atomic E-state index is 12.7. The molecule has 0 bridgehead atoms. The van der Waals surface area contributed by atoms with Gasteiger partial charge in [0.25, 0.3) is 0 Å². The zero-order valence-electron chi connectivity index (χ0n) is 9.00. The lowest BCUT2D eigenvalue weighted by Crippen LogP contribution is -2.05. The Bertz CT molecular complexity index is 561. The van der Waals surface area contributed by atoms with Crippen molar-refractivity contribution in [3.05, 3.63) is 53.1 Å². The minimum absolute atomic E-state index is 0.0590. The average Bonchev–Trinajstić information content (AvgIpc) is 2.29. The van der Waals surface area contributed by atoms with Gasteiger partial charge in [0.2, 0.25) is 0 Å². The van der Waals surface area contributed by atoms with Gasteiger partial charge < -0.3 is 5.11 Å². The molecular weight excluding hydrogens is 265 g/mol. The first-order chi connectivity index (χ1) is 8.38. The van der Waals surface area contributed by atoms with Gasteiger partial charge in [0.05, 0.1) is 10.6 Å². The van der Waals surface area contributed by atoms with Crippen LogP contribution in [0.25, 0.3) is 11.1 Å². The molecule has 5 heteroatoms. The molecule has 94 valence electrons. The van der Waals surface area contributed by atoms with Crippen molar-refractivity contribution in [2.24, 2.45) is 0 Å². The summed E-state index contributed by atoms with van der Waals surface area (Å²) in [5, 5.41) is 8.80. The van der Waals surface area contributed by atoms with E-state index in [0.717, 1.165) is 6.07 Å². The zero-order chi connectivity index (χ0) is 13.3. The molecule has 0 saturated heterocycles. The van der Waals surface area contributed by atoms with Crippen LogP contribution in [0, 0.1) is 0 Å². The van der Waals surface area contributed by atoms with E-state index < -0.39 is 11.7 Å². The molecule has 0 aromatic heterocycles. The van der Waals surface area contributed by atoms with Crippen molar-refractivity contribution in [3.8, 4) is 16.9 Å². The maximum Gasteiger partial charge on any atom is 0.417 e. The average molecular weight is 273 g/mol. The maximum atomic E-state index is 12.7. The second-order valence-electron chi connectivity index (χ2n) is 3.74. The van der Waals surface area contributed by atoms with Gasteiger partial charge in [-0.15, -0.1) is 0 Å². The van der Waals surface area contributed by atoms with E-state index in [-0.39, 0.29) is 10.8 Å². The molecule has 0 aliphatic rings. The van der Waals surface area contributed by atoms with Crippen molar-refractivity contribution >= 4 is 11.6 Å². The zero-order valence-corrected chi connectivity index (χ0v) is 9.76. The summed E-state index contributed by atoms with van der Waals surface area (Å²) in [4.78, 5) is 0. The molecule has 1 N–H and O–H groups in total. The fourth-order valence-electron chi connectivity index (χ4n) is 1.58. The Hall–Kier alpha value is -1.68. The first-order valence-electron chi connectivity index (χ1n) is 5.04.